The monoisotopic (exact) mass is 331 g/mol. The maximum Gasteiger partial charge on any atom is 0.269 e. The van der Waals surface area contributed by atoms with Crippen LogP contribution in [0.15, 0.2) is 40.6 Å². The van der Waals surface area contributed by atoms with Gasteiger partial charge in [-0.1, -0.05) is 12.1 Å². The summed E-state index contributed by atoms with van der Waals surface area (Å²) in [4.78, 5) is 28.7. The van der Waals surface area contributed by atoms with Crippen molar-refractivity contribution >= 4 is 17.7 Å². The standard InChI is InChI=1S/C17H21N3O4/c1-19(2)8-7-18-11-15-16(21)9-13(10-17(15)22)12-3-5-14(6-4-12)20(23)24/h3-6,11,13,21H,7-10H2,1-2H3. The van der Waals surface area contributed by atoms with Gasteiger partial charge in [-0.15, -0.1) is 0 Å². The molecule has 1 aromatic rings. The number of Topliss-reactive ketones (excluding diaryl/α,β-unsaturated/α-hetero) is 1. The van der Waals surface area contributed by atoms with Crippen molar-refractivity contribution in [3.63, 3.8) is 0 Å². The molecule has 1 aliphatic carbocycles. The first-order chi connectivity index (χ1) is 11.4. The predicted octanol–water partition coefficient (Wildman–Crippen LogP) is 2.49. The minimum atomic E-state index is -0.463. The van der Waals surface area contributed by atoms with Crippen molar-refractivity contribution in [3.05, 3.63) is 51.3 Å². The average molecular weight is 331 g/mol. The number of aliphatic hydroxyl groups excluding tert-OH is 1. The fourth-order valence-electron chi connectivity index (χ4n) is 2.57. The number of likely N-dealkylation sites (N-methyl/N-ethyl adjacent to an activating group) is 1. The number of carbonyl (C=O) groups is 1. The number of nitro groups is 1. The number of benzene rings is 1. The Balaban J connectivity index is 2.08. The molecule has 1 N–H and O–H groups in total. The Labute approximate surface area is 140 Å². The fourth-order valence-corrected chi connectivity index (χ4v) is 2.57. The van der Waals surface area contributed by atoms with Crippen LogP contribution in [0.1, 0.15) is 24.3 Å². The Kier molecular flexibility index (Phi) is 5.81. The van der Waals surface area contributed by atoms with Crippen LogP contribution in [0.3, 0.4) is 0 Å². The molecule has 0 amide bonds. The number of ketones is 1. The zero-order valence-corrected chi connectivity index (χ0v) is 13.8. The number of allylic oxidation sites excluding steroid dienone is 2. The van der Waals surface area contributed by atoms with E-state index in [0.29, 0.717) is 13.0 Å². The molecule has 0 aliphatic heterocycles. The van der Waals surface area contributed by atoms with E-state index in [1.807, 2.05) is 19.0 Å². The van der Waals surface area contributed by atoms with Crippen LogP contribution in [-0.2, 0) is 4.79 Å². The van der Waals surface area contributed by atoms with E-state index in [-0.39, 0.29) is 35.1 Å². The van der Waals surface area contributed by atoms with Gasteiger partial charge in [0.15, 0.2) is 5.78 Å². The molecule has 24 heavy (non-hydrogen) atoms. The third kappa shape index (κ3) is 4.48. The van der Waals surface area contributed by atoms with Crippen LogP contribution in [0.4, 0.5) is 5.69 Å². The molecule has 2 rings (SSSR count). The quantitative estimate of drug-likeness (QED) is 0.491. The lowest BCUT2D eigenvalue weighted by atomic mass is 9.83. The third-order valence-electron chi connectivity index (χ3n) is 3.95. The zero-order chi connectivity index (χ0) is 17.7. The van der Waals surface area contributed by atoms with Crippen LogP contribution >= 0.6 is 0 Å². The van der Waals surface area contributed by atoms with Gasteiger partial charge >= 0.3 is 0 Å². The van der Waals surface area contributed by atoms with Gasteiger partial charge in [0, 0.05) is 37.7 Å². The van der Waals surface area contributed by atoms with Crippen molar-refractivity contribution in [2.75, 3.05) is 27.2 Å². The highest BCUT2D eigenvalue weighted by atomic mass is 16.6. The van der Waals surface area contributed by atoms with Crippen molar-refractivity contribution in [2.45, 2.75) is 18.8 Å². The molecule has 0 spiro atoms. The van der Waals surface area contributed by atoms with Gasteiger partial charge in [0.05, 0.1) is 17.0 Å². The van der Waals surface area contributed by atoms with E-state index in [1.165, 1.54) is 18.3 Å². The largest absolute Gasteiger partial charge is 0.511 e. The van der Waals surface area contributed by atoms with Crippen molar-refractivity contribution in [2.24, 2.45) is 4.99 Å². The lowest BCUT2D eigenvalue weighted by Crippen LogP contribution is -2.20. The minimum absolute atomic E-state index is 0.00867. The van der Waals surface area contributed by atoms with Gasteiger partial charge < -0.3 is 10.0 Å². The van der Waals surface area contributed by atoms with E-state index in [0.717, 1.165) is 12.1 Å². The summed E-state index contributed by atoms with van der Waals surface area (Å²) in [6.45, 7) is 1.33. The smallest absolute Gasteiger partial charge is 0.269 e. The van der Waals surface area contributed by atoms with Crippen LogP contribution in [-0.4, -0.2) is 54.1 Å². The van der Waals surface area contributed by atoms with Gasteiger partial charge in [-0.25, -0.2) is 0 Å². The van der Waals surface area contributed by atoms with E-state index < -0.39 is 4.92 Å². The first kappa shape index (κ1) is 17.8. The fraction of sp³-hybridized carbons (Fsp3) is 0.412. The molecule has 0 heterocycles. The number of aliphatic hydroxyl groups is 1. The Morgan fingerprint density at radius 1 is 1.33 bits per heavy atom. The summed E-state index contributed by atoms with van der Waals surface area (Å²) < 4.78 is 0. The Morgan fingerprint density at radius 3 is 2.54 bits per heavy atom. The first-order valence-corrected chi connectivity index (χ1v) is 7.72. The van der Waals surface area contributed by atoms with E-state index in [2.05, 4.69) is 4.99 Å². The molecule has 0 aromatic heterocycles. The molecule has 1 aliphatic rings. The summed E-state index contributed by atoms with van der Waals surface area (Å²) in [5.41, 5.74) is 1.09. The summed E-state index contributed by atoms with van der Waals surface area (Å²) in [6, 6.07) is 6.11. The molecule has 0 saturated carbocycles. The molecule has 7 heteroatoms. The summed E-state index contributed by atoms with van der Waals surface area (Å²) in [7, 11) is 3.87. The molecule has 0 fully saturated rings. The number of carbonyl (C=O) groups excluding carboxylic acids is 1. The van der Waals surface area contributed by atoms with Gasteiger partial charge in [-0.3, -0.25) is 19.9 Å². The van der Waals surface area contributed by atoms with E-state index in [1.54, 1.807) is 12.1 Å². The highest BCUT2D eigenvalue weighted by Crippen LogP contribution is 2.33. The predicted molar refractivity (Wildman–Crippen MR) is 91.6 cm³/mol. The second-order valence-electron chi connectivity index (χ2n) is 6.08. The average Bonchev–Trinajstić information content (AvgIpc) is 2.53. The lowest BCUT2D eigenvalue weighted by Gasteiger charge is -2.22. The summed E-state index contributed by atoms with van der Waals surface area (Å²) in [5.74, 6) is -0.295. The molecule has 1 aromatic carbocycles. The van der Waals surface area contributed by atoms with Crippen LogP contribution in [0, 0.1) is 10.1 Å². The van der Waals surface area contributed by atoms with Crippen molar-refractivity contribution in [3.8, 4) is 0 Å². The Hall–Kier alpha value is -2.54. The number of nitrogens with zero attached hydrogens (tertiary/aromatic N) is 3. The number of rotatable bonds is 6. The molecule has 1 atom stereocenters. The number of aliphatic imine (C=N–C) groups is 1. The molecular weight excluding hydrogens is 310 g/mol. The molecule has 7 nitrogen and oxygen atoms in total. The maximum absolute atomic E-state index is 12.3. The van der Waals surface area contributed by atoms with Gasteiger partial charge in [-0.2, -0.15) is 0 Å². The van der Waals surface area contributed by atoms with Crippen LogP contribution in [0.2, 0.25) is 0 Å². The SMILES string of the molecule is CN(C)CCN=CC1=C(O)CC(c2ccc([N+](=O)[O-])cc2)CC1=O. The summed E-state index contributed by atoms with van der Waals surface area (Å²) >= 11 is 0. The van der Waals surface area contributed by atoms with Crippen LogP contribution in [0.5, 0.6) is 0 Å². The van der Waals surface area contributed by atoms with Crippen molar-refractivity contribution < 1.29 is 14.8 Å². The van der Waals surface area contributed by atoms with E-state index in [4.69, 9.17) is 0 Å². The van der Waals surface area contributed by atoms with E-state index in [9.17, 15) is 20.0 Å². The Bertz CT molecular complexity index is 678. The van der Waals surface area contributed by atoms with Gasteiger partial charge in [-0.05, 0) is 25.6 Å². The van der Waals surface area contributed by atoms with Gasteiger partial charge in [0.1, 0.15) is 5.76 Å². The number of nitro benzene ring substituents is 1. The molecule has 0 bridgehead atoms. The Morgan fingerprint density at radius 2 is 2.00 bits per heavy atom. The third-order valence-corrected chi connectivity index (χ3v) is 3.95. The minimum Gasteiger partial charge on any atom is -0.511 e. The van der Waals surface area contributed by atoms with Crippen LogP contribution in [0.25, 0.3) is 0 Å². The second-order valence-corrected chi connectivity index (χ2v) is 6.08. The molecular formula is C17H21N3O4. The number of non-ortho nitro benzene ring substituents is 1. The molecule has 128 valence electrons. The molecule has 1 unspecified atom stereocenters. The highest BCUT2D eigenvalue weighted by Gasteiger charge is 2.28. The molecule has 0 radical (unpaired) electrons. The zero-order valence-electron chi connectivity index (χ0n) is 13.8. The number of hydrogen-bond donors (Lipinski definition) is 1. The van der Waals surface area contributed by atoms with Crippen molar-refractivity contribution in [1.82, 2.24) is 4.90 Å². The maximum atomic E-state index is 12.3. The second kappa shape index (κ2) is 7.83. The number of hydrogen-bond acceptors (Lipinski definition) is 6. The topological polar surface area (TPSA) is 96.0 Å². The van der Waals surface area contributed by atoms with E-state index >= 15 is 0 Å². The van der Waals surface area contributed by atoms with Gasteiger partial charge in [0.25, 0.3) is 5.69 Å². The first-order valence-electron chi connectivity index (χ1n) is 7.72. The van der Waals surface area contributed by atoms with Gasteiger partial charge in [0.2, 0.25) is 0 Å². The molecule has 0 saturated heterocycles. The van der Waals surface area contributed by atoms with Crippen molar-refractivity contribution in [1.29, 1.82) is 0 Å². The summed E-state index contributed by atoms with van der Waals surface area (Å²) in [5, 5.41) is 20.9. The lowest BCUT2D eigenvalue weighted by molar-refractivity contribution is -0.384. The normalized spacial score (nSPS) is 18.6. The highest BCUT2D eigenvalue weighted by molar-refractivity contribution is 6.14. The summed E-state index contributed by atoms with van der Waals surface area (Å²) in [6.07, 6.45) is 2.04. The van der Waals surface area contributed by atoms with Crippen LogP contribution < -0.4 is 0 Å².